The number of rotatable bonds is 4. The van der Waals surface area contributed by atoms with Gasteiger partial charge in [0, 0.05) is 18.1 Å². The van der Waals surface area contributed by atoms with Gasteiger partial charge in [-0.2, -0.15) is 0 Å². The highest BCUT2D eigenvalue weighted by Gasteiger charge is 2.21. The Balaban J connectivity index is 1.73. The number of hydrogen-bond donors (Lipinski definition) is 2. The molecule has 1 saturated heterocycles. The second-order valence-electron chi connectivity index (χ2n) is 4.36. The van der Waals surface area contributed by atoms with Crippen LogP contribution in [-0.4, -0.2) is 25.5 Å². The first-order valence-electron chi connectivity index (χ1n) is 5.98. The average Bonchev–Trinajstić information content (AvgIpc) is 2.82. The quantitative estimate of drug-likeness (QED) is 0.855. The fraction of sp³-hybridized carbons (Fsp3) is 0.462. The Bertz CT molecular complexity index is 389. The molecule has 0 radical (unpaired) electrons. The van der Waals surface area contributed by atoms with Crippen molar-refractivity contribution in [3.05, 3.63) is 34.9 Å². The molecule has 1 aliphatic heterocycles. The van der Waals surface area contributed by atoms with Crippen LogP contribution in [0.5, 0.6) is 0 Å². The van der Waals surface area contributed by atoms with Crippen LogP contribution in [0.3, 0.4) is 0 Å². The van der Waals surface area contributed by atoms with Crippen molar-refractivity contribution in [3.63, 3.8) is 0 Å². The third-order valence-corrected chi connectivity index (χ3v) is 3.27. The fourth-order valence-corrected chi connectivity index (χ4v) is 2.26. The number of amides is 1. The molecule has 0 spiro atoms. The van der Waals surface area contributed by atoms with E-state index >= 15 is 0 Å². The van der Waals surface area contributed by atoms with E-state index in [9.17, 15) is 4.79 Å². The summed E-state index contributed by atoms with van der Waals surface area (Å²) >= 11 is 5.89. The molecule has 1 atom stereocenters. The molecular weight excluding hydrogens is 236 g/mol. The molecular formula is C13H17ClN2O. The van der Waals surface area contributed by atoms with Crippen molar-refractivity contribution in [3.8, 4) is 0 Å². The van der Waals surface area contributed by atoms with Crippen molar-refractivity contribution in [2.45, 2.75) is 12.8 Å². The van der Waals surface area contributed by atoms with Crippen molar-refractivity contribution in [1.82, 2.24) is 10.6 Å². The second-order valence-corrected chi connectivity index (χ2v) is 4.80. The minimum absolute atomic E-state index is 0.148. The van der Waals surface area contributed by atoms with Gasteiger partial charge in [0.05, 0.1) is 5.92 Å². The smallest absolute Gasteiger partial charge is 0.224 e. The van der Waals surface area contributed by atoms with Crippen molar-refractivity contribution in [2.24, 2.45) is 5.92 Å². The van der Waals surface area contributed by atoms with E-state index in [0.717, 1.165) is 36.5 Å². The van der Waals surface area contributed by atoms with Crippen LogP contribution in [0.15, 0.2) is 24.3 Å². The van der Waals surface area contributed by atoms with Gasteiger partial charge in [-0.1, -0.05) is 23.7 Å². The van der Waals surface area contributed by atoms with Gasteiger partial charge in [-0.05, 0) is 37.1 Å². The predicted molar refractivity (Wildman–Crippen MR) is 69.1 cm³/mol. The summed E-state index contributed by atoms with van der Waals surface area (Å²) < 4.78 is 0. The molecule has 3 nitrogen and oxygen atoms in total. The lowest BCUT2D eigenvalue weighted by atomic mass is 10.1. The highest BCUT2D eigenvalue weighted by Crippen LogP contribution is 2.11. The third-order valence-electron chi connectivity index (χ3n) is 3.03. The van der Waals surface area contributed by atoms with Gasteiger partial charge in [0.1, 0.15) is 0 Å². The van der Waals surface area contributed by atoms with E-state index in [0.29, 0.717) is 6.54 Å². The lowest BCUT2D eigenvalue weighted by molar-refractivity contribution is -0.124. The molecule has 2 rings (SSSR count). The molecule has 0 bridgehead atoms. The van der Waals surface area contributed by atoms with Gasteiger partial charge in [0.25, 0.3) is 0 Å². The molecule has 1 amide bonds. The van der Waals surface area contributed by atoms with E-state index in [2.05, 4.69) is 10.6 Å². The zero-order chi connectivity index (χ0) is 12.1. The average molecular weight is 253 g/mol. The largest absolute Gasteiger partial charge is 0.355 e. The van der Waals surface area contributed by atoms with Crippen LogP contribution in [0.2, 0.25) is 5.02 Å². The van der Waals surface area contributed by atoms with Crippen LogP contribution < -0.4 is 10.6 Å². The Kier molecular flexibility index (Phi) is 4.40. The summed E-state index contributed by atoms with van der Waals surface area (Å²) in [6.45, 7) is 2.44. The lowest BCUT2D eigenvalue weighted by Gasteiger charge is -2.09. The van der Waals surface area contributed by atoms with Crippen molar-refractivity contribution in [1.29, 1.82) is 0 Å². The Labute approximate surface area is 107 Å². The molecule has 1 aromatic rings. The number of hydrogen-bond acceptors (Lipinski definition) is 2. The standard InChI is InChI=1S/C13H17ClN2O/c14-12-3-1-2-10(8-12)4-7-16-13(17)11-5-6-15-9-11/h1-3,8,11,15H,4-7,9H2,(H,16,17). The molecule has 0 aliphatic carbocycles. The molecule has 1 aromatic carbocycles. The molecule has 1 fully saturated rings. The molecule has 17 heavy (non-hydrogen) atoms. The second kappa shape index (κ2) is 6.03. The highest BCUT2D eigenvalue weighted by atomic mass is 35.5. The Morgan fingerprint density at radius 1 is 1.53 bits per heavy atom. The SMILES string of the molecule is O=C(NCCc1cccc(Cl)c1)C1CCNC1. The maximum absolute atomic E-state index is 11.7. The normalized spacial score (nSPS) is 19.2. The molecule has 1 heterocycles. The summed E-state index contributed by atoms with van der Waals surface area (Å²) in [6.07, 6.45) is 1.77. The number of nitrogens with one attached hydrogen (secondary N) is 2. The zero-order valence-corrected chi connectivity index (χ0v) is 10.5. The van der Waals surface area contributed by atoms with Crippen LogP contribution >= 0.6 is 11.6 Å². The van der Waals surface area contributed by atoms with Crippen molar-refractivity contribution >= 4 is 17.5 Å². The minimum Gasteiger partial charge on any atom is -0.355 e. The van der Waals surface area contributed by atoms with Crippen LogP contribution in [0.4, 0.5) is 0 Å². The van der Waals surface area contributed by atoms with Crippen LogP contribution in [0, 0.1) is 5.92 Å². The first kappa shape index (κ1) is 12.4. The number of halogens is 1. The minimum atomic E-state index is 0.148. The van der Waals surface area contributed by atoms with E-state index in [4.69, 9.17) is 11.6 Å². The van der Waals surface area contributed by atoms with Gasteiger partial charge >= 0.3 is 0 Å². The molecule has 92 valence electrons. The summed E-state index contributed by atoms with van der Waals surface area (Å²) in [5.41, 5.74) is 1.15. The van der Waals surface area contributed by atoms with E-state index in [1.807, 2.05) is 24.3 Å². The molecule has 1 unspecified atom stereocenters. The van der Waals surface area contributed by atoms with E-state index in [1.54, 1.807) is 0 Å². The Morgan fingerprint density at radius 3 is 3.12 bits per heavy atom. The summed E-state index contributed by atoms with van der Waals surface area (Å²) in [5, 5.41) is 6.91. The Hall–Kier alpha value is -1.06. The monoisotopic (exact) mass is 252 g/mol. The molecule has 1 aliphatic rings. The van der Waals surface area contributed by atoms with E-state index in [1.165, 1.54) is 0 Å². The molecule has 4 heteroatoms. The summed E-state index contributed by atoms with van der Waals surface area (Å²) in [7, 11) is 0. The lowest BCUT2D eigenvalue weighted by Crippen LogP contribution is -2.33. The van der Waals surface area contributed by atoms with Crippen molar-refractivity contribution < 1.29 is 4.79 Å². The van der Waals surface area contributed by atoms with Crippen molar-refractivity contribution in [2.75, 3.05) is 19.6 Å². The van der Waals surface area contributed by atoms with Gasteiger partial charge in [-0.15, -0.1) is 0 Å². The number of carbonyl (C=O) groups excluding carboxylic acids is 1. The predicted octanol–water partition coefficient (Wildman–Crippen LogP) is 1.61. The molecule has 0 saturated carbocycles. The highest BCUT2D eigenvalue weighted by molar-refractivity contribution is 6.30. The Morgan fingerprint density at radius 2 is 2.41 bits per heavy atom. The fourth-order valence-electron chi connectivity index (χ4n) is 2.05. The van der Waals surface area contributed by atoms with Crippen LogP contribution in [0.25, 0.3) is 0 Å². The molecule has 2 N–H and O–H groups in total. The zero-order valence-electron chi connectivity index (χ0n) is 9.71. The topological polar surface area (TPSA) is 41.1 Å². The first-order valence-corrected chi connectivity index (χ1v) is 6.36. The van der Waals surface area contributed by atoms with E-state index < -0.39 is 0 Å². The third kappa shape index (κ3) is 3.72. The first-order chi connectivity index (χ1) is 8.25. The van der Waals surface area contributed by atoms with Gasteiger partial charge in [-0.3, -0.25) is 4.79 Å². The van der Waals surface area contributed by atoms with Gasteiger partial charge in [0.2, 0.25) is 5.91 Å². The van der Waals surface area contributed by atoms with Crippen LogP contribution in [-0.2, 0) is 11.2 Å². The van der Waals surface area contributed by atoms with Gasteiger partial charge in [0.15, 0.2) is 0 Å². The molecule has 0 aromatic heterocycles. The summed E-state index contributed by atoms with van der Waals surface area (Å²) in [4.78, 5) is 11.7. The maximum Gasteiger partial charge on any atom is 0.224 e. The van der Waals surface area contributed by atoms with Crippen LogP contribution in [0.1, 0.15) is 12.0 Å². The summed E-state index contributed by atoms with van der Waals surface area (Å²) in [6, 6.07) is 7.74. The van der Waals surface area contributed by atoms with Gasteiger partial charge < -0.3 is 10.6 Å². The maximum atomic E-state index is 11.7. The number of carbonyl (C=O) groups is 1. The van der Waals surface area contributed by atoms with E-state index in [-0.39, 0.29) is 11.8 Å². The van der Waals surface area contributed by atoms with Gasteiger partial charge in [-0.25, -0.2) is 0 Å². The number of benzene rings is 1. The summed E-state index contributed by atoms with van der Waals surface area (Å²) in [5.74, 6) is 0.311.